The van der Waals surface area contributed by atoms with Crippen molar-refractivity contribution in [3.8, 4) is 0 Å². The first kappa shape index (κ1) is 19.3. The van der Waals surface area contributed by atoms with Crippen LogP contribution in [0.1, 0.15) is 31.2 Å². The Balaban J connectivity index is 1.22. The fourth-order valence-corrected chi connectivity index (χ4v) is 4.95. The van der Waals surface area contributed by atoms with E-state index < -0.39 is 0 Å². The summed E-state index contributed by atoms with van der Waals surface area (Å²) in [5.41, 5.74) is 1.87. The Labute approximate surface area is 180 Å². The topological polar surface area (TPSA) is 66.6 Å². The quantitative estimate of drug-likeness (QED) is 0.643. The van der Waals surface area contributed by atoms with Gasteiger partial charge in [0.25, 0.3) is 0 Å². The van der Waals surface area contributed by atoms with Crippen molar-refractivity contribution in [2.75, 3.05) is 24.5 Å². The van der Waals surface area contributed by atoms with E-state index in [-0.39, 0.29) is 12.0 Å². The molecule has 2 aromatic heterocycles. The summed E-state index contributed by atoms with van der Waals surface area (Å²) in [5.74, 6) is 1.31. The van der Waals surface area contributed by atoms with E-state index in [0.29, 0.717) is 5.91 Å². The lowest BCUT2D eigenvalue weighted by molar-refractivity contribution is -0.137. The van der Waals surface area contributed by atoms with Crippen molar-refractivity contribution in [1.29, 1.82) is 0 Å². The highest BCUT2D eigenvalue weighted by Gasteiger charge is 2.35. The fourth-order valence-electron chi connectivity index (χ4n) is 4.73. The van der Waals surface area contributed by atoms with Crippen LogP contribution in [0, 0.1) is 5.92 Å². The van der Waals surface area contributed by atoms with Crippen molar-refractivity contribution in [1.82, 2.24) is 24.7 Å². The Hall–Kier alpha value is -2.67. The van der Waals surface area contributed by atoms with Crippen LogP contribution in [-0.2, 0) is 11.2 Å². The van der Waals surface area contributed by atoms with Crippen LogP contribution in [0.4, 0.5) is 5.82 Å². The van der Waals surface area contributed by atoms with Gasteiger partial charge in [0, 0.05) is 36.6 Å². The molecular formula is C22H25ClN6O. The first-order valence-corrected chi connectivity index (χ1v) is 11.0. The SMILES string of the molecule is O=C(C1CCN(c2ccc3nncn3n2)CC1)N1CCCC1Cc1ccccc1Cl. The maximum atomic E-state index is 13.3. The number of amides is 1. The lowest BCUT2D eigenvalue weighted by atomic mass is 9.94. The third-order valence-corrected chi connectivity index (χ3v) is 6.76. The predicted molar refractivity (Wildman–Crippen MR) is 116 cm³/mol. The van der Waals surface area contributed by atoms with Gasteiger partial charge in [-0.05, 0) is 55.9 Å². The summed E-state index contributed by atoms with van der Waals surface area (Å²) in [4.78, 5) is 17.7. The molecule has 0 N–H and O–H groups in total. The van der Waals surface area contributed by atoms with Crippen molar-refractivity contribution < 1.29 is 4.79 Å². The predicted octanol–water partition coefficient (Wildman–Crippen LogP) is 3.23. The molecule has 2 saturated heterocycles. The highest BCUT2D eigenvalue weighted by molar-refractivity contribution is 6.31. The number of piperidine rings is 1. The summed E-state index contributed by atoms with van der Waals surface area (Å²) in [6.07, 6.45) is 6.29. The normalized spacial score (nSPS) is 20.2. The molecule has 156 valence electrons. The molecule has 2 aliphatic heterocycles. The fraction of sp³-hybridized carbons (Fsp3) is 0.455. The number of carbonyl (C=O) groups is 1. The molecule has 7 nitrogen and oxygen atoms in total. The van der Waals surface area contributed by atoms with Crippen molar-refractivity contribution in [2.24, 2.45) is 5.92 Å². The van der Waals surface area contributed by atoms with Crippen LogP contribution in [0.25, 0.3) is 5.65 Å². The van der Waals surface area contributed by atoms with Crippen LogP contribution in [0.15, 0.2) is 42.7 Å². The van der Waals surface area contributed by atoms with Gasteiger partial charge in [0.15, 0.2) is 5.65 Å². The summed E-state index contributed by atoms with van der Waals surface area (Å²) in [6, 6.07) is 12.1. The number of benzene rings is 1. The van der Waals surface area contributed by atoms with Gasteiger partial charge in [-0.2, -0.15) is 4.52 Å². The Morgan fingerprint density at radius 1 is 1.07 bits per heavy atom. The zero-order valence-corrected chi connectivity index (χ0v) is 17.6. The monoisotopic (exact) mass is 424 g/mol. The average molecular weight is 425 g/mol. The number of aromatic nitrogens is 4. The minimum absolute atomic E-state index is 0.0896. The summed E-state index contributed by atoms with van der Waals surface area (Å²) in [5, 5.41) is 13.3. The molecule has 1 unspecified atom stereocenters. The molecule has 0 spiro atoms. The molecule has 0 aliphatic carbocycles. The van der Waals surface area contributed by atoms with E-state index in [2.05, 4.69) is 31.2 Å². The molecule has 8 heteroatoms. The molecular weight excluding hydrogens is 400 g/mol. The number of fused-ring (bicyclic) bond motifs is 1. The van der Waals surface area contributed by atoms with Gasteiger partial charge < -0.3 is 9.80 Å². The third-order valence-electron chi connectivity index (χ3n) is 6.39. The molecule has 0 saturated carbocycles. The second kappa shape index (κ2) is 8.22. The maximum absolute atomic E-state index is 13.3. The summed E-state index contributed by atoms with van der Waals surface area (Å²) >= 11 is 6.36. The Morgan fingerprint density at radius 2 is 1.90 bits per heavy atom. The minimum Gasteiger partial charge on any atom is -0.355 e. The zero-order chi connectivity index (χ0) is 20.5. The van der Waals surface area contributed by atoms with E-state index in [1.54, 1.807) is 10.8 Å². The third kappa shape index (κ3) is 3.74. The molecule has 30 heavy (non-hydrogen) atoms. The Morgan fingerprint density at radius 3 is 2.73 bits per heavy atom. The number of rotatable bonds is 4. The van der Waals surface area contributed by atoms with E-state index in [0.717, 1.165) is 73.8 Å². The van der Waals surface area contributed by atoms with Gasteiger partial charge >= 0.3 is 0 Å². The van der Waals surface area contributed by atoms with Crippen molar-refractivity contribution >= 4 is 29.0 Å². The summed E-state index contributed by atoms with van der Waals surface area (Å²) < 4.78 is 1.69. The van der Waals surface area contributed by atoms with E-state index in [9.17, 15) is 4.79 Å². The largest absolute Gasteiger partial charge is 0.355 e. The number of likely N-dealkylation sites (tertiary alicyclic amines) is 1. The minimum atomic E-state index is 0.0896. The molecule has 5 rings (SSSR count). The van der Waals surface area contributed by atoms with E-state index >= 15 is 0 Å². The molecule has 1 atom stereocenters. The number of hydrogen-bond donors (Lipinski definition) is 0. The molecule has 1 aromatic carbocycles. The van der Waals surface area contributed by atoms with Crippen LogP contribution < -0.4 is 4.90 Å². The van der Waals surface area contributed by atoms with E-state index in [1.807, 2.05) is 30.3 Å². The smallest absolute Gasteiger partial charge is 0.226 e. The molecule has 0 radical (unpaired) electrons. The summed E-state index contributed by atoms with van der Waals surface area (Å²) in [6.45, 7) is 2.53. The first-order valence-electron chi connectivity index (χ1n) is 10.6. The van der Waals surface area contributed by atoms with Gasteiger partial charge in [0.05, 0.1) is 0 Å². The van der Waals surface area contributed by atoms with E-state index in [4.69, 9.17) is 11.6 Å². The highest BCUT2D eigenvalue weighted by atomic mass is 35.5. The van der Waals surface area contributed by atoms with E-state index in [1.165, 1.54) is 0 Å². The highest BCUT2D eigenvalue weighted by Crippen LogP contribution is 2.29. The van der Waals surface area contributed by atoms with Crippen LogP contribution in [-0.4, -0.2) is 56.3 Å². The van der Waals surface area contributed by atoms with Crippen molar-refractivity contribution in [3.63, 3.8) is 0 Å². The van der Waals surface area contributed by atoms with Gasteiger partial charge in [-0.15, -0.1) is 15.3 Å². The average Bonchev–Trinajstić information content (AvgIpc) is 3.44. The second-order valence-corrected chi connectivity index (χ2v) is 8.62. The second-order valence-electron chi connectivity index (χ2n) is 8.21. The number of hydrogen-bond acceptors (Lipinski definition) is 5. The van der Waals surface area contributed by atoms with Crippen LogP contribution >= 0.6 is 11.6 Å². The van der Waals surface area contributed by atoms with Crippen molar-refractivity contribution in [3.05, 3.63) is 53.3 Å². The van der Waals surface area contributed by atoms with Gasteiger partial charge in [-0.25, -0.2) is 0 Å². The van der Waals surface area contributed by atoms with Crippen molar-refractivity contribution in [2.45, 2.75) is 38.1 Å². The van der Waals surface area contributed by atoms with Crippen LogP contribution in [0.5, 0.6) is 0 Å². The Kier molecular flexibility index (Phi) is 5.29. The van der Waals surface area contributed by atoms with Gasteiger partial charge in [0.1, 0.15) is 12.1 Å². The molecule has 3 aromatic rings. The van der Waals surface area contributed by atoms with Crippen LogP contribution in [0.3, 0.4) is 0 Å². The van der Waals surface area contributed by atoms with Gasteiger partial charge in [-0.1, -0.05) is 29.8 Å². The Bertz CT molecular complexity index is 1040. The van der Waals surface area contributed by atoms with Gasteiger partial charge in [-0.3, -0.25) is 4.79 Å². The number of halogens is 1. The maximum Gasteiger partial charge on any atom is 0.226 e. The first-order chi connectivity index (χ1) is 14.7. The summed E-state index contributed by atoms with van der Waals surface area (Å²) in [7, 11) is 0. The molecule has 0 bridgehead atoms. The molecule has 1 amide bonds. The molecule has 2 fully saturated rings. The standard InChI is InChI=1S/C22H25ClN6O/c23-19-6-2-1-4-17(19)14-18-5-3-11-28(18)22(30)16-9-12-27(13-10-16)21-8-7-20-25-24-15-29(20)26-21/h1-2,4,6-8,15-16,18H,3,5,9-14H2. The lowest BCUT2D eigenvalue weighted by Gasteiger charge is -2.35. The molecule has 4 heterocycles. The number of nitrogens with zero attached hydrogens (tertiary/aromatic N) is 6. The number of carbonyl (C=O) groups excluding carboxylic acids is 1. The lowest BCUT2D eigenvalue weighted by Crippen LogP contribution is -2.45. The van der Waals surface area contributed by atoms with Gasteiger partial charge in [0.2, 0.25) is 5.91 Å². The zero-order valence-electron chi connectivity index (χ0n) is 16.8. The number of anilines is 1. The molecule has 2 aliphatic rings. The van der Waals surface area contributed by atoms with Crippen LogP contribution in [0.2, 0.25) is 5.02 Å².